The zero-order valence-electron chi connectivity index (χ0n) is 9.90. The van der Waals surface area contributed by atoms with Crippen LogP contribution in [0.1, 0.15) is 66.2 Å². The van der Waals surface area contributed by atoms with Crippen molar-refractivity contribution in [1.29, 1.82) is 0 Å². The second-order valence-corrected chi connectivity index (χ2v) is 5.21. The second-order valence-electron chi connectivity index (χ2n) is 5.21. The molecule has 1 unspecified atom stereocenters. The molecular formula is C13H26. The normalized spacial score (nSPS) is 43.4. The third-order valence-electron chi connectivity index (χ3n) is 3.75. The van der Waals surface area contributed by atoms with E-state index in [1.54, 1.807) is 6.42 Å². The van der Waals surface area contributed by atoms with Gasteiger partial charge in [-0.25, -0.2) is 0 Å². The van der Waals surface area contributed by atoms with Gasteiger partial charge in [-0.2, -0.15) is 0 Å². The molecule has 0 nitrogen and oxygen atoms in total. The van der Waals surface area contributed by atoms with Gasteiger partial charge in [0, 0.05) is 0 Å². The van der Waals surface area contributed by atoms with Crippen LogP contribution in [0, 0.1) is 17.3 Å². The third kappa shape index (κ3) is 2.48. The fourth-order valence-corrected chi connectivity index (χ4v) is 3.56. The first-order chi connectivity index (χ1) is 6.20. The molecular weight excluding hydrogens is 156 g/mol. The summed E-state index contributed by atoms with van der Waals surface area (Å²) in [6, 6.07) is 0. The molecule has 0 bridgehead atoms. The van der Waals surface area contributed by atoms with E-state index >= 15 is 0 Å². The lowest BCUT2D eigenvalue weighted by Crippen LogP contribution is -2.39. The predicted octanol–water partition coefficient (Wildman–Crippen LogP) is 4.64. The summed E-state index contributed by atoms with van der Waals surface area (Å²) >= 11 is 0. The second kappa shape index (κ2) is 4.48. The monoisotopic (exact) mass is 182 g/mol. The molecule has 0 aromatic heterocycles. The van der Waals surface area contributed by atoms with E-state index in [0.717, 1.165) is 17.3 Å². The Hall–Kier alpha value is 0. The molecule has 0 amide bonds. The van der Waals surface area contributed by atoms with Crippen molar-refractivity contribution in [3.63, 3.8) is 0 Å². The molecule has 0 aromatic rings. The SMILES string of the molecule is CC.CC1CCCC2(C1)CC(C)C2. The quantitative estimate of drug-likeness (QED) is 0.512. The largest absolute Gasteiger partial charge is 0.0683 e. The van der Waals surface area contributed by atoms with Crippen LogP contribution in [-0.4, -0.2) is 0 Å². The highest BCUT2D eigenvalue weighted by Gasteiger charge is 2.43. The Bertz CT molecular complexity index is 137. The van der Waals surface area contributed by atoms with Gasteiger partial charge < -0.3 is 0 Å². The van der Waals surface area contributed by atoms with Crippen molar-refractivity contribution in [2.75, 3.05) is 0 Å². The molecule has 2 saturated carbocycles. The molecule has 0 saturated heterocycles. The van der Waals surface area contributed by atoms with Crippen LogP contribution in [0.3, 0.4) is 0 Å². The van der Waals surface area contributed by atoms with Crippen molar-refractivity contribution in [1.82, 2.24) is 0 Å². The molecule has 0 radical (unpaired) electrons. The summed E-state index contributed by atoms with van der Waals surface area (Å²) in [5.74, 6) is 2.07. The van der Waals surface area contributed by atoms with E-state index in [1.165, 1.54) is 32.1 Å². The number of hydrogen-bond donors (Lipinski definition) is 0. The summed E-state index contributed by atoms with van der Waals surface area (Å²) in [5, 5.41) is 0. The van der Waals surface area contributed by atoms with Gasteiger partial charge in [0.1, 0.15) is 0 Å². The van der Waals surface area contributed by atoms with Gasteiger partial charge in [-0.15, -0.1) is 0 Å². The van der Waals surface area contributed by atoms with E-state index in [1.807, 2.05) is 13.8 Å². The van der Waals surface area contributed by atoms with Gasteiger partial charge in [0.2, 0.25) is 0 Å². The van der Waals surface area contributed by atoms with Crippen molar-refractivity contribution in [2.24, 2.45) is 17.3 Å². The topological polar surface area (TPSA) is 0 Å². The van der Waals surface area contributed by atoms with Gasteiger partial charge in [0.05, 0.1) is 0 Å². The Morgan fingerprint density at radius 3 is 1.92 bits per heavy atom. The maximum atomic E-state index is 2.43. The molecule has 13 heavy (non-hydrogen) atoms. The highest BCUT2D eigenvalue weighted by Crippen LogP contribution is 2.55. The van der Waals surface area contributed by atoms with E-state index < -0.39 is 0 Å². The van der Waals surface area contributed by atoms with Crippen LogP contribution in [0.25, 0.3) is 0 Å². The van der Waals surface area contributed by atoms with E-state index in [2.05, 4.69) is 13.8 Å². The molecule has 1 spiro atoms. The Morgan fingerprint density at radius 2 is 1.46 bits per heavy atom. The fourth-order valence-electron chi connectivity index (χ4n) is 3.56. The minimum atomic E-state index is 0.844. The van der Waals surface area contributed by atoms with Gasteiger partial charge in [0.25, 0.3) is 0 Å². The highest BCUT2D eigenvalue weighted by molar-refractivity contribution is 4.94. The summed E-state index contributed by atoms with van der Waals surface area (Å²) in [7, 11) is 0. The molecule has 0 aromatic carbocycles. The van der Waals surface area contributed by atoms with Gasteiger partial charge in [-0.1, -0.05) is 40.5 Å². The Labute approximate surface area is 84.1 Å². The van der Waals surface area contributed by atoms with Crippen molar-refractivity contribution in [3.8, 4) is 0 Å². The van der Waals surface area contributed by atoms with Crippen molar-refractivity contribution >= 4 is 0 Å². The molecule has 2 aliphatic rings. The first-order valence-corrected chi connectivity index (χ1v) is 6.20. The Morgan fingerprint density at radius 1 is 0.923 bits per heavy atom. The lowest BCUT2D eigenvalue weighted by Gasteiger charge is -2.51. The Balaban J connectivity index is 0.000000396. The lowest BCUT2D eigenvalue weighted by molar-refractivity contribution is 0.00481. The van der Waals surface area contributed by atoms with Gasteiger partial charge in [0.15, 0.2) is 0 Å². The highest BCUT2D eigenvalue weighted by atomic mass is 14.5. The van der Waals surface area contributed by atoms with Crippen molar-refractivity contribution in [3.05, 3.63) is 0 Å². The zero-order chi connectivity index (χ0) is 9.90. The molecule has 2 rings (SSSR count). The lowest BCUT2D eigenvalue weighted by atomic mass is 9.55. The molecule has 0 heteroatoms. The molecule has 0 N–H and O–H groups in total. The van der Waals surface area contributed by atoms with Gasteiger partial charge in [-0.3, -0.25) is 0 Å². The Kier molecular flexibility index (Phi) is 3.82. The summed E-state index contributed by atoms with van der Waals surface area (Å²) in [6.07, 6.45) is 9.16. The molecule has 78 valence electrons. The minimum Gasteiger partial charge on any atom is -0.0683 e. The average molecular weight is 182 g/mol. The standard InChI is InChI=1S/C11H20.C2H6/c1-9-4-3-5-11(6-9)7-10(2)8-11;1-2/h9-10H,3-8H2,1-2H3;1-2H3. The van der Waals surface area contributed by atoms with E-state index in [0.29, 0.717) is 0 Å². The maximum Gasteiger partial charge on any atom is -0.0290 e. The molecule has 2 fully saturated rings. The number of hydrogen-bond acceptors (Lipinski definition) is 0. The van der Waals surface area contributed by atoms with Crippen LogP contribution in [0.2, 0.25) is 0 Å². The average Bonchev–Trinajstić information content (AvgIpc) is 2.05. The summed E-state index contributed by atoms with van der Waals surface area (Å²) in [6.45, 7) is 8.84. The predicted molar refractivity (Wildman–Crippen MR) is 59.8 cm³/mol. The molecule has 1 atom stereocenters. The maximum absolute atomic E-state index is 2.43. The molecule has 2 aliphatic carbocycles. The van der Waals surface area contributed by atoms with Crippen LogP contribution >= 0.6 is 0 Å². The van der Waals surface area contributed by atoms with Crippen LogP contribution in [-0.2, 0) is 0 Å². The van der Waals surface area contributed by atoms with Crippen molar-refractivity contribution < 1.29 is 0 Å². The van der Waals surface area contributed by atoms with Crippen molar-refractivity contribution in [2.45, 2.75) is 66.2 Å². The van der Waals surface area contributed by atoms with E-state index in [9.17, 15) is 0 Å². The van der Waals surface area contributed by atoms with Crippen LogP contribution < -0.4 is 0 Å². The first kappa shape index (κ1) is 11.1. The van der Waals surface area contributed by atoms with E-state index in [-0.39, 0.29) is 0 Å². The van der Waals surface area contributed by atoms with E-state index in [4.69, 9.17) is 0 Å². The third-order valence-corrected chi connectivity index (χ3v) is 3.75. The van der Waals surface area contributed by atoms with Crippen LogP contribution in [0.15, 0.2) is 0 Å². The van der Waals surface area contributed by atoms with Gasteiger partial charge in [-0.05, 0) is 42.9 Å². The molecule has 0 aliphatic heterocycles. The number of rotatable bonds is 0. The zero-order valence-corrected chi connectivity index (χ0v) is 9.90. The summed E-state index contributed by atoms with van der Waals surface area (Å²) < 4.78 is 0. The smallest absolute Gasteiger partial charge is 0.0290 e. The summed E-state index contributed by atoms with van der Waals surface area (Å²) in [4.78, 5) is 0. The molecule has 0 heterocycles. The van der Waals surface area contributed by atoms with Crippen LogP contribution in [0.5, 0.6) is 0 Å². The summed E-state index contributed by atoms with van der Waals surface area (Å²) in [5.41, 5.74) is 0.844. The first-order valence-electron chi connectivity index (χ1n) is 6.20. The minimum absolute atomic E-state index is 0.844. The van der Waals surface area contributed by atoms with Crippen LogP contribution in [0.4, 0.5) is 0 Å². The van der Waals surface area contributed by atoms with Gasteiger partial charge >= 0.3 is 0 Å². The fraction of sp³-hybridized carbons (Fsp3) is 1.00.